The van der Waals surface area contributed by atoms with Crippen molar-refractivity contribution in [3.8, 4) is 17.2 Å². The Morgan fingerprint density at radius 1 is 1.00 bits per heavy atom. The maximum atomic E-state index is 17.4. The second-order valence-electron chi connectivity index (χ2n) is 13.8. The van der Waals surface area contributed by atoms with Crippen molar-refractivity contribution >= 4 is 23.6 Å². The molecule has 0 aliphatic heterocycles. The SMILES string of the molecule is CN(C)C(=O)c1cc(Oc2ccc(C(=O)O[C@@]3(C(=O)O)CC[C@H]4[C@@H]5CCC6=CC(=O)C=C[C@]6(C)C5(F)[C@@H](O)C[C@@]43C)cc2)ccc1O. The number of carboxylic acid groups (broad SMARTS) is 1. The molecule has 0 heterocycles. The van der Waals surface area contributed by atoms with Crippen molar-refractivity contribution in [1.82, 2.24) is 4.90 Å². The van der Waals surface area contributed by atoms with E-state index in [0.29, 0.717) is 24.2 Å². The lowest BCUT2D eigenvalue weighted by atomic mass is 9.45. The van der Waals surface area contributed by atoms with Gasteiger partial charge in [-0.1, -0.05) is 18.6 Å². The van der Waals surface area contributed by atoms with E-state index in [4.69, 9.17) is 9.47 Å². The number of carbonyl (C=O) groups excluding carboxylic acids is 3. The maximum absolute atomic E-state index is 17.4. The fourth-order valence-corrected chi connectivity index (χ4v) is 8.76. The summed E-state index contributed by atoms with van der Waals surface area (Å²) in [5.74, 6) is -3.72. The number of phenolic OH excluding ortho intramolecular Hbond substituents is 1. The van der Waals surface area contributed by atoms with Crippen LogP contribution in [0.2, 0.25) is 0 Å². The molecule has 0 bridgehead atoms. The first-order valence-electron chi connectivity index (χ1n) is 15.7. The van der Waals surface area contributed by atoms with Crippen LogP contribution in [-0.4, -0.2) is 75.3 Å². The molecule has 10 nitrogen and oxygen atoms in total. The molecular formula is C36H38FNO9. The highest BCUT2D eigenvalue weighted by atomic mass is 19.1. The lowest BCUT2D eigenvalue weighted by Crippen LogP contribution is -2.69. The number of phenols is 1. The number of ether oxygens (including phenoxy) is 2. The van der Waals surface area contributed by atoms with E-state index >= 15 is 4.39 Å². The summed E-state index contributed by atoms with van der Waals surface area (Å²) in [4.78, 5) is 52.4. The predicted octanol–water partition coefficient (Wildman–Crippen LogP) is 5.24. The lowest BCUT2D eigenvalue weighted by molar-refractivity contribution is -0.222. The molecule has 4 aliphatic carbocycles. The fourth-order valence-electron chi connectivity index (χ4n) is 8.76. The number of rotatable bonds is 6. The number of carboxylic acids is 1. The summed E-state index contributed by atoms with van der Waals surface area (Å²) in [6, 6.07) is 10.0. The molecule has 7 atom stereocenters. The quantitative estimate of drug-likeness (QED) is 0.358. The molecule has 0 spiro atoms. The Hall–Kier alpha value is -4.51. The summed E-state index contributed by atoms with van der Waals surface area (Å²) >= 11 is 0. The van der Waals surface area contributed by atoms with Gasteiger partial charge >= 0.3 is 11.9 Å². The predicted molar refractivity (Wildman–Crippen MR) is 167 cm³/mol. The molecule has 0 radical (unpaired) electrons. The number of aliphatic hydroxyl groups is 1. The van der Waals surface area contributed by atoms with Gasteiger partial charge < -0.3 is 29.7 Å². The van der Waals surface area contributed by atoms with Crippen LogP contribution in [0, 0.1) is 22.7 Å². The first kappa shape index (κ1) is 32.4. The van der Waals surface area contributed by atoms with Gasteiger partial charge in [0.25, 0.3) is 5.91 Å². The second-order valence-corrected chi connectivity index (χ2v) is 13.8. The Balaban J connectivity index is 1.24. The van der Waals surface area contributed by atoms with Gasteiger partial charge in [0, 0.05) is 30.8 Å². The van der Waals surface area contributed by atoms with E-state index < -0.39 is 57.9 Å². The van der Waals surface area contributed by atoms with Crippen LogP contribution in [0.1, 0.15) is 66.7 Å². The van der Waals surface area contributed by atoms with Crippen molar-refractivity contribution in [2.45, 2.75) is 63.3 Å². The van der Waals surface area contributed by atoms with Gasteiger partial charge in [-0.3, -0.25) is 9.59 Å². The van der Waals surface area contributed by atoms with Crippen LogP contribution < -0.4 is 4.74 Å². The maximum Gasteiger partial charge on any atom is 0.348 e. The number of fused-ring (bicyclic) bond motifs is 5. The minimum atomic E-state index is -2.13. The molecule has 248 valence electrons. The van der Waals surface area contributed by atoms with Crippen molar-refractivity contribution in [2.75, 3.05) is 14.1 Å². The molecule has 3 fully saturated rings. The van der Waals surface area contributed by atoms with E-state index in [1.807, 2.05) is 0 Å². The van der Waals surface area contributed by atoms with Crippen LogP contribution >= 0.6 is 0 Å². The average molecular weight is 648 g/mol. The molecule has 1 unspecified atom stereocenters. The summed E-state index contributed by atoms with van der Waals surface area (Å²) in [5, 5.41) is 32.3. The van der Waals surface area contributed by atoms with E-state index in [9.17, 15) is 34.5 Å². The number of aliphatic carboxylic acids is 1. The molecule has 2 aromatic rings. The third-order valence-electron chi connectivity index (χ3n) is 11.3. The highest BCUT2D eigenvalue weighted by molar-refractivity contribution is 6.01. The number of carbonyl (C=O) groups is 4. The Bertz CT molecular complexity index is 1730. The topological polar surface area (TPSA) is 151 Å². The Morgan fingerprint density at radius 2 is 1.68 bits per heavy atom. The number of amides is 1. The van der Waals surface area contributed by atoms with E-state index in [-0.39, 0.29) is 47.7 Å². The van der Waals surface area contributed by atoms with Crippen LogP contribution in [-0.2, 0) is 14.3 Å². The van der Waals surface area contributed by atoms with Crippen LogP contribution in [0.15, 0.2) is 66.3 Å². The summed E-state index contributed by atoms with van der Waals surface area (Å²) in [7, 11) is 3.11. The number of benzene rings is 2. The van der Waals surface area contributed by atoms with Gasteiger partial charge in [0.05, 0.1) is 17.2 Å². The number of nitrogens with zero attached hydrogens (tertiary/aromatic N) is 1. The smallest absolute Gasteiger partial charge is 0.348 e. The third kappa shape index (κ3) is 4.69. The molecule has 2 aromatic carbocycles. The number of halogens is 1. The number of aliphatic hydroxyl groups excluding tert-OH is 1. The van der Waals surface area contributed by atoms with Crippen LogP contribution in [0.5, 0.6) is 17.2 Å². The molecule has 1 amide bonds. The minimum Gasteiger partial charge on any atom is -0.507 e. The van der Waals surface area contributed by atoms with Gasteiger partial charge in [0.1, 0.15) is 17.2 Å². The van der Waals surface area contributed by atoms with Gasteiger partial charge in [-0.25, -0.2) is 14.0 Å². The van der Waals surface area contributed by atoms with Crippen molar-refractivity contribution in [1.29, 1.82) is 0 Å². The van der Waals surface area contributed by atoms with Gasteiger partial charge in [-0.2, -0.15) is 0 Å². The Morgan fingerprint density at radius 3 is 2.34 bits per heavy atom. The highest BCUT2D eigenvalue weighted by Gasteiger charge is 2.76. The third-order valence-corrected chi connectivity index (χ3v) is 11.3. The van der Waals surface area contributed by atoms with Gasteiger partial charge in [-0.05, 0) is 99.6 Å². The lowest BCUT2D eigenvalue weighted by Gasteiger charge is -2.62. The monoisotopic (exact) mass is 647 g/mol. The molecule has 47 heavy (non-hydrogen) atoms. The van der Waals surface area contributed by atoms with E-state index in [1.54, 1.807) is 34.0 Å². The highest BCUT2D eigenvalue weighted by Crippen LogP contribution is 2.70. The molecule has 6 rings (SSSR count). The van der Waals surface area contributed by atoms with Crippen LogP contribution in [0.25, 0.3) is 0 Å². The summed E-state index contributed by atoms with van der Waals surface area (Å²) in [6.07, 6.45) is 3.51. The largest absolute Gasteiger partial charge is 0.507 e. The summed E-state index contributed by atoms with van der Waals surface area (Å²) < 4.78 is 29.1. The summed E-state index contributed by atoms with van der Waals surface area (Å²) in [5.41, 5.74) is -5.90. The van der Waals surface area contributed by atoms with Crippen LogP contribution in [0.3, 0.4) is 0 Å². The van der Waals surface area contributed by atoms with Crippen molar-refractivity contribution < 1.29 is 48.4 Å². The number of ketones is 1. The molecule has 4 aliphatic rings. The van der Waals surface area contributed by atoms with Crippen molar-refractivity contribution in [2.24, 2.45) is 22.7 Å². The molecule has 0 saturated heterocycles. The number of esters is 1. The molecule has 3 N–H and O–H groups in total. The minimum absolute atomic E-state index is 0.0433. The fraction of sp³-hybridized carbons (Fsp3) is 0.444. The standard InChI is InChI=1S/C36H38FNO9/c1-33-15-13-22(39)17-21(33)7-11-27-26-14-16-35(32(44)45,34(26,2)19-29(41)36(27,33)37)47-31(43)20-5-8-23(9-6-20)46-24-10-12-28(40)25(18-24)30(42)38(3)4/h5-6,8-10,12-13,15,17-18,26-27,29,40-41H,7,11,14,16,19H2,1-4H3,(H,44,45)/t26-,27-,29-,33-,34-,35+,36?/m0/s1. The number of alkyl halides is 1. The molecule has 3 saturated carbocycles. The number of aromatic hydroxyl groups is 1. The van der Waals surface area contributed by atoms with Crippen LogP contribution in [0.4, 0.5) is 4.39 Å². The van der Waals surface area contributed by atoms with E-state index in [1.165, 1.54) is 59.5 Å². The molecule has 0 aromatic heterocycles. The van der Waals surface area contributed by atoms with Crippen molar-refractivity contribution in [3.63, 3.8) is 0 Å². The van der Waals surface area contributed by atoms with Gasteiger partial charge in [-0.15, -0.1) is 0 Å². The molecular weight excluding hydrogens is 609 g/mol. The summed E-state index contributed by atoms with van der Waals surface area (Å²) in [6.45, 7) is 3.36. The van der Waals surface area contributed by atoms with Gasteiger partial charge in [0.2, 0.25) is 5.60 Å². The molecule has 11 heteroatoms. The zero-order chi connectivity index (χ0) is 34.1. The Kier molecular flexibility index (Phi) is 7.62. The Labute approximate surface area is 271 Å². The van der Waals surface area contributed by atoms with Gasteiger partial charge in [0.15, 0.2) is 11.5 Å². The second kappa shape index (κ2) is 11.0. The average Bonchev–Trinajstić information content (AvgIpc) is 3.31. The van der Waals surface area contributed by atoms with E-state index in [0.717, 1.165) is 0 Å². The first-order valence-corrected chi connectivity index (χ1v) is 15.7. The van der Waals surface area contributed by atoms with E-state index in [2.05, 4.69) is 0 Å². The normalized spacial score (nSPS) is 34.0. The number of hydrogen-bond donors (Lipinski definition) is 3. The zero-order valence-corrected chi connectivity index (χ0v) is 26.7. The first-order chi connectivity index (χ1) is 22.1. The number of allylic oxidation sites excluding steroid dienone is 4. The number of hydrogen-bond acceptors (Lipinski definition) is 8. The van der Waals surface area contributed by atoms with Crippen molar-refractivity contribution in [3.05, 3.63) is 77.4 Å². The zero-order valence-electron chi connectivity index (χ0n) is 26.7.